The van der Waals surface area contributed by atoms with E-state index in [1.807, 2.05) is 48.6 Å². The number of benzene rings is 2. The first-order chi connectivity index (χ1) is 14.6. The second-order valence-corrected chi connectivity index (χ2v) is 10.6. The quantitative estimate of drug-likeness (QED) is 0.453. The van der Waals surface area contributed by atoms with E-state index in [1.54, 1.807) is 29.7 Å². The SMILES string of the molecule is Cc1ccc(S(N)(=O)=O)c(-c2cccc(CCC(O)c3cnc4sc(C)c(C)n34)c2)c1. The average molecular weight is 456 g/mol. The second kappa shape index (κ2) is 8.20. The fraction of sp³-hybridized carbons (Fsp3) is 0.261. The van der Waals surface area contributed by atoms with Crippen LogP contribution in [0.5, 0.6) is 0 Å². The van der Waals surface area contributed by atoms with Crippen LogP contribution < -0.4 is 5.14 Å². The minimum absolute atomic E-state index is 0.111. The lowest BCUT2D eigenvalue weighted by Gasteiger charge is -2.13. The Hall–Kier alpha value is -2.52. The zero-order valence-electron chi connectivity index (χ0n) is 17.7. The smallest absolute Gasteiger partial charge is 0.238 e. The van der Waals surface area contributed by atoms with Crippen LogP contribution in [0.4, 0.5) is 0 Å². The summed E-state index contributed by atoms with van der Waals surface area (Å²) in [4.78, 5) is 6.61. The summed E-state index contributed by atoms with van der Waals surface area (Å²) in [5, 5.41) is 16.3. The van der Waals surface area contributed by atoms with E-state index in [4.69, 9.17) is 5.14 Å². The summed E-state index contributed by atoms with van der Waals surface area (Å²) >= 11 is 1.62. The van der Waals surface area contributed by atoms with Crippen molar-refractivity contribution in [3.05, 3.63) is 76.1 Å². The molecule has 0 saturated heterocycles. The van der Waals surface area contributed by atoms with Crippen molar-refractivity contribution in [1.29, 1.82) is 0 Å². The van der Waals surface area contributed by atoms with Crippen molar-refractivity contribution in [1.82, 2.24) is 9.38 Å². The number of aryl methyl sites for hydroxylation is 4. The number of thiazole rings is 1. The third kappa shape index (κ3) is 4.29. The van der Waals surface area contributed by atoms with Gasteiger partial charge in [-0.05, 0) is 50.8 Å². The van der Waals surface area contributed by atoms with E-state index in [2.05, 4.69) is 11.9 Å². The number of nitrogens with two attached hydrogens (primary N) is 1. The van der Waals surface area contributed by atoms with Crippen LogP contribution in [-0.4, -0.2) is 22.9 Å². The van der Waals surface area contributed by atoms with E-state index in [0.29, 0.717) is 18.4 Å². The van der Waals surface area contributed by atoms with Crippen molar-refractivity contribution in [2.75, 3.05) is 0 Å². The summed E-state index contributed by atoms with van der Waals surface area (Å²) in [6, 6.07) is 12.8. The maximum Gasteiger partial charge on any atom is 0.238 e. The van der Waals surface area contributed by atoms with Gasteiger partial charge in [-0.2, -0.15) is 0 Å². The normalized spacial score (nSPS) is 13.1. The Morgan fingerprint density at radius 3 is 2.68 bits per heavy atom. The molecule has 0 aliphatic rings. The molecule has 4 rings (SSSR count). The van der Waals surface area contributed by atoms with E-state index in [-0.39, 0.29) is 4.90 Å². The van der Waals surface area contributed by atoms with Crippen molar-refractivity contribution < 1.29 is 13.5 Å². The molecule has 0 bridgehead atoms. The van der Waals surface area contributed by atoms with Crippen molar-refractivity contribution in [2.24, 2.45) is 5.14 Å². The first-order valence-electron chi connectivity index (χ1n) is 9.99. The van der Waals surface area contributed by atoms with Crippen LogP contribution >= 0.6 is 11.3 Å². The summed E-state index contributed by atoms with van der Waals surface area (Å²) in [6.45, 7) is 6.00. The average Bonchev–Trinajstić information content (AvgIpc) is 3.25. The number of aliphatic hydroxyl groups excluding tert-OH is 1. The van der Waals surface area contributed by atoms with E-state index >= 15 is 0 Å². The number of hydrogen-bond donors (Lipinski definition) is 2. The highest BCUT2D eigenvalue weighted by Gasteiger charge is 2.18. The van der Waals surface area contributed by atoms with Gasteiger partial charge in [-0.15, -0.1) is 11.3 Å². The van der Waals surface area contributed by atoms with Crippen molar-refractivity contribution in [3.8, 4) is 11.1 Å². The highest BCUT2D eigenvalue weighted by molar-refractivity contribution is 7.89. The molecule has 0 radical (unpaired) electrons. The Bertz CT molecular complexity index is 1370. The van der Waals surface area contributed by atoms with Gasteiger partial charge >= 0.3 is 0 Å². The molecule has 0 aliphatic carbocycles. The molecule has 2 aromatic heterocycles. The predicted octanol–water partition coefficient (Wildman–Crippen LogP) is 4.30. The number of sulfonamides is 1. The van der Waals surface area contributed by atoms with Crippen molar-refractivity contribution >= 4 is 26.3 Å². The monoisotopic (exact) mass is 455 g/mol. The molecule has 3 N–H and O–H groups in total. The van der Waals surface area contributed by atoms with E-state index < -0.39 is 16.1 Å². The summed E-state index contributed by atoms with van der Waals surface area (Å²) in [7, 11) is -3.84. The van der Waals surface area contributed by atoms with E-state index in [9.17, 15) is 13.5 Å². The summed E-state index contributed by atoms with van der Waals surface area (Å²) in [6.07, 6.45) is 2.26. The van der Waals surface area contributed by atoms with Gasteiger partial charge in [0.2, 0.25) is 10.0 Å². The first-order valence-corrected chi connectivity index (χ1v) is 12.4. The van der Waals surface area contributed by atoms with Gasteiger partial charge < -0.3 is 5.11 Å². The Kier molecular flexibility index (Phi) is 5.74. The van der Waals surface area contributed by atoms with Gasteiger partial charge in [0.15, 0.2) is 4.96 Å². The zero-order valence-corrected chi connectivity index (χ0v) is 19.3. The molecule has 31 heavy (non-hydrogen) atoms. The molecular formula is C23H25N3O3S2. The molecule has 0 amide bonds. The maximum absolute atomic E-state index is 12.0. The minimum Gasteiger partial charge on any atom is -0.387 e. The molecule has 6 nitrogen and oxygen atoms in total. The molecule has 0 saturated carbocycles. The molecule has 2 heterocycles. The Balaban J connectivity index is 1.59. The lowest BCUT2D eigenvalue weighted by atomic mass is 9.98. The Morgan fingerprint density at radius 1 is 1.16 bits per heavy atom. The molecule has 2 aromatic carbocycles. The van der Waals surface area contributed by atoms with Gasteiger partial charge in [0.1, 0.15) is 0 Å². The molecule has 0 spiro atoms. The number of hydrogen-bond acceptors (Lipinski definition) is 5. The van der Waals surface area contributed by atoms with Crippen LogP contribution in [0.2, 0.25) is 0 Å². The first kappa shape index (κ1) is 21.7. The molecule has 1 atom stereocenters. The van der Waals surface area contributed by atoms with Crippen LogP contribution in [0, 0.1) is 20.8 Å². The third-order valence-corrected chi connectivity index (χ3v) is 7.61. The van der Waals surface area contributed by atoms with Crippen LogP contribution in [0.15, 0.2) is 53.6 Å². The van der Waals surface area contributed by atoms with Gasteiger partial charge in [-0.1, -0.05) is 42.0 Å². The number of nitrogens with zero attached hydrogens (tertiary/aromatic N) is 2. The van der Waals surface area contributed by atoms with Gasteiger partial charge in [0, 0.05) is 16.1 Å². The number of primary sulfonamides is 1. The maximum atomic E-state index is 12.0. The predicted molar refractivity (Wildman–Crippen MR) is 124 cm³/mol. The molecule has 0 fully saturated rings. The largest absolute Gasteiger partial charge is 0.387 e. The third-order valence-electron chi connectivity index (χ3n) is 5.57. The van der Waals surface area contributed by atoms with Gasteiger partial charge in [-0.25, -0.2) is 18.5 Å². The molecule has 4 aromatic rings. The summed E-state index contributed by atoms with van der Waals surface area (Å²) < 4.78 is 26.1. The van der Waals surface area contributed by atoms with E-state index in [1.165, 1.54) is 4.88 Å². The van der Waals surface area contributed by atoms with Gasteiger partial charge in [0.25, 0.3) is 0 Å². The molecule has 162 valence electrons. The van der Waals surface area contributed by atoms with Crippen LogP contribution in [-0.2, 0) is 16.4 Å². The standard InChI is InChI=1S/C23H25N3O3S2/c1-14-7-10-22(31(24,28)29)19(11-14)18-6-4-5-17(12-18)8-9-21(27)20-13-25-23-26(20)15(2)16(3)30-23/h4-7,10-13,21,27H,8-9H2,1-3H3,(H2,24,28,29). The second-order valence-electron chi connectivity index (χ2n) is 7.84. The fourth-order valence-corrected chi connectivity index (χ4v) is 5.52. The lowest BCUT2D eigenvalue weighted by Crippen LogP contribution is -2.13. The van der Waals surface area contributed by atoms with Crippen LogP contribution in [0.1, 0.15) is 39.9 Å². The highest BCUT2D eigenvalue weighted by atomic mass is 32.2. The van der Waals surface area contributed by atoms with Crippen molar-refractivity contribution in [3.63, 3.8) is 0 Å². The number of imidazole rings is 1. The number of rotatable bonds is 6. The highest BCUT2D eigenvalue weighted by Crippen LogP contribution is 2.30. The molecule has 8 heteroatoms. The number of aliphatic hydroxyl groups is 1. The van der Waals surface area contributed by atoms with E-state index in [0.717, 1.165) is 33.0 Å². The molecule has 0 aliphatic heterocycles. The van der Waals surface area contributed by atoms with Gasteiger partial charge in [0.05, 0.1) is 22.9 Å². The number of aromatic nitrogens is 2. The number of fused-ring (bicyclic) bond motifs is 1. The topological polar surface area (TPSA) is 97.7 Å². The fourth-order valence-electron chi connectivity index (χ4n) is 3.82. The molecule has 1 unspecified atom stereocenters. The molecular weight excluding hydrogens is 430 g/mol. The summed E-state index contributed by atoms with van der Waals surface area (Å²) in [5.74, 6) is 0. The summed E-state index contributed by atoms with van der Waals surface area (Å²) in [5.41, 5.74) is 5.24. The van der Waals surface area contributed by atoms with Crippen LogP contribution in [0.3, 0.4) is 0 Å². The minimum atomic E-state index is -3.84. The Morgan fingerprint density at radius 2 is 1.94 bits per heavy atom. The zero-order chi connectivity index (χ0) is 22.3. The van der Waals surface area contributed by atoms with Gasteiger partial charge in [-0.3, -0.25) is 4.40 Å². The Labute approximate surface area is 186 Å². The van der Waals surface area contributed by atoms with Crippen LogP contribution in [0.25, 0.3) is 16.1 Å². The lowest BCUT2D eigenvalue weighted by molar-refractivity contribution is 0.162. The van der Waals surface area contributed by atoms with Crippen molar-refractivity contribution in [2.45, 2.75) is 44.6 Å².